The molecule has 54 valence electrons. The first kappa shape index (κ1) is 7.02. The van der Waals surface area contributed by atoms with Crippen molar-refractivity contribution in [3.63, 3.8) is 0 Å². The van der Waals surface area contributed by atoms with Crippen molar-refractivity contribution in [3.05, 3.63) is 36.4 Å². The molecule has 3 heteroatoms. The fourth-order valence-electron chi connectivity index (χ4n) is 0.706. The summed E-state index contributed by atoms with van der Waals surface area (Å²) in [6.45, 7) is 3.48. The quantitative estimate of drug-likeness (QED) is 0.598. The van der Waals surface area contributed by atoms with Gasteiger partial charge in [-0.25, -0.2) is 0 Å². The second kappa shape index (κ2) is 2.66. The Kier molecular flexibility index (Phi) is 1.87. The molecule has 1 atom stereocenters. The van der Waals surface area contributed by atoms with Gasteiger partial charge in [-0.15, -0.1) is 6.58 Å². The van der Waals surface area contributed by atoms with E-state index in [0.29, 0.717) is 5.69 Å². The highest BCUT2D eigenvalue weighted by Gasteiger charge is 2.02. The topological polar surface area (TPSA) is 41.8 Å². The summed E-state index contributed by atoms with van der Waals surface area (Å²) in [5, 5.41) is 0. The molecule has 0 amide bonds. The van der Waals surface area contributed by atoms with Gasteiger partial charge in [-0.05, 0) is 12.1 Å². The number of rotatable bonds is 2. The summed E-state index contributed by atoms with van der Waals surface area (Å²) in [4.78, 5) is 2.46. The predicted molar refractivity (Wildman–Crippen MR) is 37.9 cm³/mol. The van der Waals surface area contributed by atoms with Crippen molar-refractivity contribution in [2.45, 2.75) is 6.04 Å². The lowest BCUT2D eigenvalue weighted by molar-refractivity contribution is 0.585. The smallest absolute Gasteiger partial charge is 0.191 e. The van der Waals surface area contributed by atoms with E-state index >= 15 is 0 Å². The Morgan fingerprint density at radius 2 is 2.40 bits per heavy atom. The van der Waals surface area contributed by atoms with Crippen molar-refractivity contribution < 1.29 is 4.39 Å². The largest absolute Gasteiger partial charge is 0.334 e. The third-order valence-corrected chi connectivity index (χ3v) is 1.29. The van der Waals surface area contributed by atoms with Crippen LogP contribution in [0.25, 0.3) is 0 Å². The highest BCUT2D eigenvalue weighted by atomic mass is 19.1. The van der Waals surface area contributed by atoms with E-state index in [9.17, 15) is 4.39 Å². The zero-order valence-electron chi connectivity index (χ0n) is 5.47. The van der Waals surface area contributed by atoms with E-state index in [-0.39, 0.29) is 12.0 Å². The Bertz CT molecular complexity index is 229. The van der Waals surface area contributed by atoms with Gasteiger partial charge < -0.3 is 10.7 Å². The Morgan fingerprint density at radius 1 is 1.70 bits per heavy atom. The minimum atomic E-state index is -0.368. The zero-order valence-corrected chi connectivity index (χ0v) is 5.47. The van der Waals surface area contributed by atoms with Crippen LogP contribution in [0.5, 0.6) is 0 Å². The summed E-state index contributed by atoms with van der Waals surface area (Å²) >= 11 is 0. The van der Waals surface area contributed by atoms with Gasteiger partial charge in [0.25, 0.3) is 0 Å². The normalized spacial score (nSPS) is 13.0. The zero-order chi connectivity index (χ0) is 7.56. The molecular formula is C7H9FN2. The third-order valence-electron chi connectivity index (χ3n) is 1.29. The number of hydrogen-bond donors (Lipinski definition) is 2. The Labute approximate surface area is 58.6 Å². The molecule has 1 rings (SSSR count). The van der Waals surface area contributed by atoms with Gasteiger partial charge in [0.05, 0.1) is 6.04 Å². The molecular weight excluding hydrogens is 131 g/mol. The van der Waals surface area contributed by atoms with Crippen LogP contribution >= 0.6 is 0 Å². The van der Waals surface area contributed by atoms with Crippen LogP contribution in [0.4, 0.5) is 4.39 Å². The number of nitrogens with one attached hydrogen (secondary N) is 1. The highest BCUT2D eigenvalue weighted by Crippen LogP contribution is 2.08. The van der Waals surface area contributed by atoms with Crippen LogP contribution in [0, 0.1) is 5.95 Å². The monoisotopic (exact) mass is 140 g/mol. The molecule has 0 saturated carbocycles. The molecule has 3 N–H and O–H groups in total. The van der Waals surface area contributed by atoms with Crippen molar-refractivity contribution in [1.82, 2.24) is 4.98 Å². The maximum Gasteiger partial charge on any atom is 0.191 e. The maximum absolute atomic E-state index is 12.3. The first-order valence-electron chi connectivity index (χ1n) is 2.96. The van der Waals surface area contributed by atoms with Gasteiger partial charge in [-0.3, -0.25) is 0 Å². The molecule has 0 aromatic carbocycles. The van der Waals surface area contributed by atoms with Crippen LogP contribution in [0.2, 0.25) is 0 Å². The average molecular weight is 140 g/mol. The van der Waals surface area contributed by atoms with Crippen LogP contribution in [-0.2, 0) is 0 Å². The van der Waals surface area contributed by atoms with Gasteiger partial charge >= 0.3 is 0 Å². The summed E-state index contributed by atoms with van der Waals surface area (Å²) in [5.41, 5.74) is 6.14. The van der Waals surface area contributed by atoms with E-state index in [1.165, 1.54) is 6.07 Å². The van der Waals surface area contributed by atoms with Crippen LogP contribution in [-0.4, -0.2) is 4.98 Å². The van der Waals surface area contributed by atoms with Gasteiger partial charge in [0.15, 0.2) is 5.95 Å². The second-order valence-electron chi connectivity index (χ2n) is 2.02. The number of hydrogen-bond acceptors (Lipinski definition) is 1. The van der Waals surface area contributed by atoms with Crippen molar-refractivity contribution >= 4 is 0 Å². The molecule has 0 aliphatic rings. The van der Waals surface area contributed by atoms with E-state index in [0.717, 1.165) is 0 Å². The minimum Gasteiger partial charge on any atom is -0.334 e. The van der Waals surface area contributed by atoms with Crippen molar-refractivity contribution in [2.24, 2.45) is 5.73 Å². The summed E-state index contributed by atoms with van der Waals surface area (Å²) < 4.78 is 12.3. The third kappa shape index (κ3) is 1.25. The predicted octanol–water partition coefficient (Wildman–Crippen LogP) is 1.34. The maximum atomic E-state index is 12.3. The number of H-pyrrole nitrogens is 1. The molecule has 0 radical (unpaired) electrons. The summed E-state index contributed by atoms with van der Waals surface area (Å²) in [6.07, 6.45) is 1.55. The van der Waals surface area contributed by atoms with E-state index in [4.69, 9.17) is 5.73 Å². The lowest BCUT2D eigenvalue weighted by atomic mass is 10.2. The standard InChI is InChI=1S/C7H9FN2/c1-2-5(9)6-3-4-7(8)10-6/h2-5,10H,1,9H2. The number of halogens is 1. The molecule has 1 aromatic rings. The van der Waals surface area contributed by atoms with Gasteiger partial charge in [0, 0.05) is 5.69 Å². The van der Waals surface area contributed by atoms with Crippen LogP contribution in [0.3, 0.4) is 0 Å². The Hall–Kier alpha value is -1.09. The number of nitrogens with two attached hydrogens (primary N) is 1. The van der Waals surface area contributed by atoms with E-state index in [2.05, 4.69) is 11.6 Å². The fourth-order valence-corrected chi connectivity index (χ4v) is 0.706. The molecule has 0 fully saturated rings. The molecule has 0 saturated heterocycles. The van der Waals surface area contributed by atoms with Crippen molar-refractivity contribution in [1.29, 1.82) is 0 Å². The molecule has 0 spiro atoms. The van der Waals surface area contributed by atoms with Crippen LogP contribution in [0.1, 0.15) is 11.7 Å². The molecule has 1 unspecified atom stereocenters. The molecule has 1 heterocycles. The van der Waals surface area contributed by atoms with Gasteiger partial charge in [0.1, 0.15) is 0 Å². The molecule has 0 aliphatic heterocycles. The van der Waals surface area contributed by atoms with Gasteiger partial charge in [-0.2, -0.15) is 4.39 Å². The lowest BCUT2D eigenvalue weighted by Gasteiger charge is -2.00. The minimum absolute atomic E-state index is 0.301. The molecule has 0 bridgehead atoms. The highest BCUT2D eigenvalue weighted by molar-refractivity contribution is 5.13. The lowest BCUT2D eigenvalue weighted by Crippen LogP contribution is -2.06. The van der Waals surface area contributed by atoms with Gasteiger partial charge in [0.2, 0.25) is 0 Å². The summed E-state index contributed by atoms with van der Waals surface area (Å²) in [7, 11) is 0. The Balaban J connectivity index is 2.84. The second-order valence-corrected chi connectivity index (χ2v) is 2.02. The van der Waals surface area contributed by atoms with Crippen molar-refractivity contribution in [2.75, 3.05) is 0 Å². The summed E-state index contributed by atoms with van der Waals surface area (Å²) in [5.74, 6) is -0.368. The average Bonchev–Trinajstić information content (AvgIpc) is 2.34. The SMILES string of the molecule is C=CC(N)c1ccc(F)[nH]1. The van der Waals surface area contributed by atoms with Crippen molar-refractivity contribution in [3.8, 4) is 0 Å². The number of aromatic nitrogens is 1. The Morgan fingerprint density at radius 3 is 2.80 bits per heavy atom. The van der Waals surface area contributed by atoms with Gasteiger partial charge in [-0.1, -0.05) is 6.08 Å². The van der Waals surface area contributed by atoms with Crippen LogP contribution < -0.4 is 5.73 Å². The first-order valence-corrected chi connectivity index (χ1v) is 2.96. The molecule has 10 heavy (non-hydrogen) atoms. The van der Waals surface area contributed by atoms with Crippen LogP contribution in [0.15, 0.2) is 24.8 Å². The van der Waals surface area contributed by atoms with E-state index in [1.54, 1.807) is 12.1 Å². The van der Waals surface area contributed by atoms with E-state index < -0.39 is 0 Å². The number of aromatic amines is 1. The fraction of sp³-hybridized carbons (Fsp3) is 0.143. The first-order chi connectivity index (χ1) is 4.74. The molecule has 2 nitrogen and oxygen atoms in total. The summed E-state index contributed by atoms with van der Waals surface area (Å²) in [6, 6.07) is 2.63. The molecule has 0 aliphatic carbocycles. The molecule has 1 aromatic heterocycles. The van der Waals surface area contributed by atoms with E-state index in [1.807, 2.05) is 0 Å².